The summed E-state index contributed by atoms with van der Waals surface area (Å²) in [5.74, 6) is 0.0787. The second-order valence-electron chi connectivity index (χ2n) is 2.86. The molecule has 0 spiro atoms. The summed E-state index contributed by atoms with van der Waals surface area (Å²) in [5.41, 5.74) is 0. The summed E-state index contributed by atoms with van der Waals surface area (Å²) in [6, 6.07) is 0. The van der Waals surface area contributed by atoms with Gasteiger partial charge in [0.2, 0.25) is 0 Å². The third-order valence-electron chi connectivity index (χ3n) is 1.91. The highest BCUT2D eigenvalue weighted by Gasteiger charge is 2.32. The number of carbonyl (C=O) groups excluding carboxylic acids is 1. The first-order chi connectivity index (χ1) is 5.15. The Morgan fingerprint density at radius 1 is 1.82 bits per heavy atom. The van der Waals surface area contributed by atoms with Crippen LogP contribution in [-0.4, -0.2) is 15.2 Å². The van der Waals surface area contributed by atoms with Crippen molar-refractivity contribution in [3.05, 3.63) is 0 Å². The van der Waals surface area contributed by atoms with Crippen LogP contribution in [0.1, 0.15) is 26.7 Å². The molecule has 2 atom stereocenters. The molecule has 2 unspecified atom stereocenters. The van der Waals surface area contributed by atoms with E-state index in [9.17, 15) is 4.79 Å². The fourth-order valence-electron chi connectivity index (χ4n) is 1.27. The van der Waals surface area contributed by atoms with Crippen molar-refractivity contribution in [3.63, 3.8) is 0 Å². The lowest BCUT2D eigenvalue weighted by atomic mass is 10.0. The Bertz CT molecular complexity index is 181. The van der Waals surface area contributed by atoms with Crippen molar-refractivity contribution >= 4 is 34.0 Å². The molecule has 3 heteroatoms. The van der Waals surface area contributed by atoms with E-state index in [2.05, 4.69) is 6.92 Å². The van der Waals surface area contributed by atoms with Crippen molar-refractivity contribution in [1.82, 2.24) is 0 Å². The molecule has 0 bridgehead atoms. The maximum absolute atomic E-state index is 11.3. The predicted octanol–water partition coefficient (Wildman–Crippen LogP) is 2.43. The van der Waals surface area contributed by atoms with E-state index in [1.807, 2.05) is 6.92 Å². The molecule has 11 heavy (non-hydrogen) atoms. The van der Waals surface area contributed by atoms with Crippen molar-refractivity contribution in [2.24, 2.45) is 5.92 Å². The minimum atomic E-state index is 0.0787. The maximum Gasteiger partial charge on any atom is 0.197 e. The predicted molar refractivity (Wildman–Crippen MR) is 53.1 cm³/mol. The average Bonchev–Trinajstić information content (AvgIpc) is 2.28. The first kappa shape index (κ1) is 9.20. The lowest BCUT2D eigenvalue weighted by molar-refractivity contribution is -0.112. The molecule has 0 amide bonds. The molecular weight excluding hydrogens is 176 g/mol. The molecule has 1 saturated heterocycles. The highest BCUT2D eigenvalue weighted by Crippen LogP contribution is 2.34. The Hall–Kier alpha value is 0.110. The van der Waals surface area contributed by atoms with Gasteiger partial charge < -0.3 is 0 Å². The summed E-state index contributed by atoms with van der Waals surface area (Å²) in [4.78, 5) is 12.2. The van der Waals surface area contributed by atoms with E-state index in [0.29, 0.717) is 5.25 Å². The van der Waals surface area contributed by atoms with Gasteiger partial charge in [0, 0.05) is 10.1 Å². The minimum Gasteiger partial charge on any atom is -0.286 e. The van der Waals surface area contributed by atoms with E-state index in [1.165, 1.54) is 11.8 Å². The molecule has 62 valence electrons. The van der Waals surface area contributed by atoms with Crippen molar-refractivity contribution < 1.29 is 4.79 Å². The summed E-state index contributed by atoms with van der Waals surface area (Å²) in [5, 5.41) is 0.751. The van der Waals surface area contributed by atoms with E-state index >= 15 is 0 Å². The number of thioether (sulfide) groups is 1. The largest absolute Gasteiger partial charge is 0.286 e. The monoisotopic (exact) mass is 188 g/mol. The summed E-state index contributed by atoms with van der Waals surface area (Å²) in [7, 11) is 0. The quantitative estimate of drug-likeness (QED) is 0.620. The van der Waals surface area contributed by atoms with Gasteiger partial charge >= 0.3 is 0 Å². The van der Waals surface area contributed by atoms with Crippen LogP contribution in [0.25, 0.3) is 0 Å². The standard InChI is InChI=1S/C8H12OS2/c1-3-7(10)6-4-5(2)11-8(6)9/h5-6H,3-4H2,1-2H3. The van der Waals surface area contributed by atoms with Crippen LogP contribution in [0.4, 0.5) is 0 Å². The SMILES string of the molecule is CCC(=S)C1CC(C)SC1=O. The van der Waals surface area contributed by atoms with Crippen molar-refractivity contribution in [2.75, 3.05) is 0 Å². The summed E-state index contributed by atoms with van der Waals surface area (Å²) >= 11 is 6.56. The number of hydrogen-bond acceptors (Lipinski definition) is 3. The minimum absolute atomic E-state index is 0.0787. The molecule has 0 saturated carbocycles. The Morgan fingerprint density at radius 3 is 2.82 bits per heavy atom. The normalized spacial score (nSPS) is 30.9. The topological polar surface area (TPSA) is 17.1 Å². The molecule has 1 rings (SSSR count). The highest BCUT2D eigenvalue weighted by atomic mass is 32.2. The van der Waals surface area contributed by atoms with Gasteiger partial charge in [-0.15, -0.1) is 0 Å². The zero-order chi connectivity index (χ0) is 8.43. The van der Waals surface area contributed by atoms with Crippen LogP contribution in [-0.2, 0) is 4.79 Å². The van der Waals surface area contributed by atoms with Crippen LogP contribution >= 0.6 is 24.0 Å². The molecule has 1 nitrogen and oxygen atoms in total. The van der Waals surface area contributed by atoms with Crippen molar-refractivity contribution in [1.29, 1.82) is 0 Å². The summed E-state index contributed by atoms with van der Waals surface area (Å²) in [6.45, 7) is 4.10. The van der Waals surface area contributed by atoms with E-state index in [4.69, 9.17) is 12.2 Å². The van der Waals surface area contributed by atoms with Gasteiger partial charge in [0.15, 0.2) is 5.12 Å². The molecule has 1 fully saturated rings. The highest BCUT2D eigenvalue weighted by molar-refractivity contribution is 8.14. The number of rotatable bonds is 2. The van der Waals surface area contributed by atoms with Gasteiger partial charge in [-0.05, 0) is 12.8 Å². The lowest BCUT2D eigenvalue weighted by Gasteiger charge is -2.05. The molecule has 0 aromatic rings. The molecule has 1 aliphatic heterocycles. The first-order valence-electron chi connectivity index (χ1n) is 3.88. The van der Waals surface area contributed by atoms with Crippen molar-refractivity contribution in [3.8, 4) is 0 Å². The van der Waals surface area contributed by atoms with Gasteiger partial charge in [-0.25, -0.2) is 0 Å². The van der Waals surface area contributed by atoms with Gasteiger partial charge in [-0.2, -0.15) is 0 Å². The van der Waals surface area contributed by atoms with E-state index < -0.39 is 0 Å². The van der Waals surface area contributed by atoms with Crippen LogP contribution in [0.5, 0.6) is 0 Å². The Balaban J connectivity index is 2.60. The Kier molecular flexibility index (Phi) is 3.07. The Morgan fingerprint density at radius 2 is 2.45 bits per heavy atom. The van der Waals surface area contributed by atoms with Gasteiger partial charge in [-0.1, -0.05) is 37.8 Å². The molecule has 0 aromatic carbocycles. The van der Waals surface area contributed by atoms with Gasteiger partial charge in [-0.3, -0.25) is 4.79 Å². The third kappa shape index (κ3) is 2.03. The number of hydrogen-bond donors (Lipinski definition) is 0. The van der Waals surface area contributed by atoms with Gasteiger partial charge in [0.1, 0.15) is 0 Å². The zero-order valence-corrected chi connectivity index (χ0v) is 8.43. The maximum atomic E-state index is 11.3. The fourth-order valence-corrected chi connectivity index (χ4v) is 2.63. The van der Waals surface area contributed by atoms with Crippen LogP contribution in [0.2, 0.25) is 0 Å². The van der Waals surface area contributed by atoms with Gasteiger partial charge in [0.25, 0.3) is 0 Å². The zero-order valence-electron chi connectivity index (χ0n) is 6.79. The summed E-state index contributed by atoms with van der Waals surface area (Å²) in [6.07, 6.45) is 1.81. The third-order valence-corrected chi connectivity index (χ3v) is 3.59. The van der Waals surface area contributed by atoms with Crippen LogP contribution in [0.3, 0.4) is 0 Å². The second-order valence-corrected chi connectivity index (χ2v) is 4.82. The molecular formula is C8H12OS2. The van der Waals surface area contributed by atoms with E-state index in [-0.39, 0.29) is 11.0 Å². The van der Waals surface area contributed by atoms with E-state index in [1.54, 1.807) is 0 Å². The van der Waals surface area contributed by atoms with Crippen LogP contribution in [0, 0.1) is 5.92 Å². The molecule has 0 aliphatic carbocycles. The fraction of sp³-hybridized carbons (Fsp3) is 0.750. The van der Waals surface area contributed by atoms with Crippen LogP contribution < -0.4 is 0 Å². The number of thiocarbonyl (C=S) groups is 1. The van der Waals surface area contributed by atoms with Gasteiger partial charge in [0.05, 0.1) is 5.92 Å². The molecule has 1 heterocycles. The smallest absolute Gasteiger partial charge is 0.197 e. The van der Waals surface area contributed by atoms with E-state index in [0.717, 1.165) is 17.7 Å². The number of carbonyl (C=O) groups is 1. The first-order valence-corrected chi connectivity index (χ1v) is 5.17. The average molecular weight is 188 g/mol. The molecule has 0 aromatic heterocycles. The van der Waals surface area contributed by atoms with Crippen LogP contribution in [0.15, 0.2) is 0 Å². The lowest BCUT2D eigenvalue weighted by Crippen LogP contribution is -2.14. The second kappa shape index (κ2) is 3.68. The molecule has 0 N–H and O–H groups in total. The molecule has 0 radical (unpaired) electrons. The summed E-state index contributed by atoms with van der Waals surface area (Å²) < 4.78 is 0. The Labute approximate surface area is 76.9 Å². The van der Waals surface area contributed by atoms with Crippen molar-refractivity contribution in [2.45, 2.75) is 31.9 Å². The molecule has 1 aliphatic rings.